The first kappa shape index (κ1) is 10.5. The first-order valence-corrected chi connectivity index (χ1v) is 6.65. The normalized spacial score (nSPS) is 18.4. The summed E-state index contributed by atoms with van der Waals surface area (Å²) in [4.78, 5) is 11.9. The maximum absolute atomic E-state index is 11.9. The van der Waals surface area contributed by atoms with E-state index in [0.717, 1.165) is 26.5 Å². The van der Waals surface area contributed by atoms with Crippen LogP contribution in [0, 0.1) is 0 Å². The fourth-order valence-corrected chi connectivity index (χ4v) is 3.13. The molecular weight excluding hydrogens is 332 g/mol. The van der Waals surface area contributed by atoms with Crippen LogP contribution < -0.4 is 0 Å². The van der Waals surface area contributed by atoms with Crippen molar-refractivity contribution in [1.82, 2.24) is 0 Å². The van der Waals surface area contributed by atoms with Crippen molar-refractivity contribution in [3.63, 3.8) is 0 Å². The van der Waals surface area contributed by atoms with Gasteiger partial charge < -0.3 is 0 Å². The number of benzene rings is 1. The van der Waals surface area contributed by atoms with Gasteiger partial charge >= 0.3 is 0 Å². The van der Waals surface area contributed by atoms with Crippen molar-refractivity contribution < 1.29 is 4.79 Å². The van der Waals surface area contributed by atoms with Gasteiger partial charge in [0, 0.05) is 27.4 Å². The first-order valence-electron chi connectivity index (χ1n) is 5.06. The van der Waals surface area contributed by atoms with Gasteiger partial charge in [0.1, 0.15) is 0 Å². The Labute approximate surface area is 110 Å². The van der Waals surface area contributed by atoms with Gasteiger partial charge in [0.05, 0.1) is 0 Å². The second-order valence-corrected chi connectivity index (χ2v) is 6.00. The van der Waals surface area contributed by atoms with E-state index in [2.05, 4.69) is 50.1 Å². The summed E-state index contributed by atoms with van der Waals surface area (Å²) < 4.78 is 2.03. The predicted molar refractivity (Wildman–Crippen MR) is 71.4 cm³/mol. The number of Topliss-reactive ketones (excluding diaryl/α,β-unsaturated/α-hetero) is 1. The lowest BCUT2D eigenvalue weighted by Gasteiger charge is -2.10. The Balaban J connectivity index is 2.21. The molecule has 16 heavy (non-hydrogen) atoms. The van der Waals surface area contributed by atoms with Gasteiger partial charge in [-0.1, -0.05) is 37.9 Å². The highest BCUT2D eigenvalue weighted by molar-refractivity contribution is 9.11. The highest BCUT2D eigenvalue weighted by atomic mass is 79.9. The molecule has 0 aromatic heterocycles. The smallest absolute Gasteiger partial charge is 0.164 e. The third-order valence-electron chi connectivity index (χ3n) is 3.02. The number of hydrogen-bond donors (Lipinski definition) is 0. The molecule has 3 heteroatoms. The van der Waals surface area contributed by atoms with E-state index in [-0.39, 0.29) is 5.78 Å². The van der Waals surface area contributed by atoms with Crippen molar-refractivity contribution in [3.05, 3.63) is 49.9 Å². The van der Waals surface area contributed by atoms with Crippen molar-refractivity contribution in [2.45, 2.75) is 12.8 Å². The minimum Gasteiger partial charge on any atom is -0.294 e. The lowest BCUT2D eigenvalue weighted by atomic mass is 9.97. The van der Waals surface area contributed by atoms with Gasteiger partial charge in [0.2, 0.25) is 0 Å². The van der Waals surface area contributed by atoms with Crippen LogP contribution in [0.25, 0.3) is 5.57 Å². The van der Waals surface area contributed by atoms with Gasteiger partial charge in [-0.05, 0) is 34.9 Å². The second kappa shape index (κ2) is 3.67. The molecule has 0 amide bonds. The van der Waals surface area contributed by atoms with Crippen LogP contribution in [0.5, 0.6) is 0 Å². The third-order valence-corrected chi connectivity index (χ3v) is 4.02. The summed E-state index contributed by atoms with van der Waals surface area (Å²) >= 11 is 6.90. The first-order chi connectivity index (χ1) is 7.65. The number of halogens is 2. The van der Waals surface area contributed by atoms with Crippen LogP contribution in [-0.4, -0.2) is 5.78 Å². The average molecular weight is 340 g/mol. The van der Waals surface area contributed by atoms with Crippen molar-refractivity contribution in [2.75, 3.05) is 0 Å². The lowest BCUT2D eigenvalue weighted by molar-refractivity contribution is -0.114. The van der Waals surface area contributed by atoms with Crippen LogP contribution in [-0.2, 0) is 11.2 Å². The number of rotatable bonds is 0. The van der Waals surface area contributed by atoms with Crippen LogP contribution in [0.2, 0.25) is 0 Å². The lowest BCUT2D eigenvalue weighted by Crippen LogP contribution is -2.06. The van der Waals surface area contributed by atoms with Crippen LogP contribution in [0.4, 0.5) is 0 Å². The molecule has 0 aliphatic heterocycles. The number of ketones is 1. The average Bonchev–Trinajstić information content (AvgIpc) is 2.57. The number of fused-ring (bicyclic) bond motifs is 2. The molecule has 3 rings (SSSR count). The number of carbonyl (C=O) groups excluding carboxylic acids is 1. The van der Waals surface area contributed by atoms with Crippen LogP contribution in [0.3, 0.4) is 0 Å². The second-order valence-electron chi connectivity index (χ2n) is 4.06. The molecule has 0 radical (unpaired) electrons. The maximum atomic E-state index is 11.9. The summed E-state index contributed by atoms with van der Waals surface area (Å²) in [5.41, 5.74) is 4.50. The van der Waals surface area contributed by atoms with Crippen molar-refractivity contribution in [1.29, 1.82) is 0 Å². The molecule has 80 valence electrons. The largest absolute Gasteiger partial charge is 0.294 e. The van der Waals surface area contributed by atoms with Crippen LogP contribution in [0.1, 0.15) is 17.5 Å². The minimum atomic E-state index is 0.247. The van der Waals surface area contributed by atoms with Gasteiger partial charge in [-0.15, -0.1) is 0 Å². The van der Waals surface area contributed by atoms with Crippen molar-refractivity contribution in [3.8, 4) is 0 Å². The van der Waals surface area contributed by atoms with E-state index >= 15 is 0 Å². The zero-order valence-corrected chi connectivity index (χ0v) is 11.6. The molecule has 2 aliphatic rings. The molecule has 0 saturated carbocycles. The molecule has 0 atom stereocenters. The summed E-state index contributed by atoms with van der Waals surface area (Å²) in [6, 6.07) is 6.21. The Morgan fingerprint density at radius 2 is 1.94 bits per heavy atom. The number of hydrogen-bond acceptors (Lipinski definition) is 1. The van der Waals surface area contributed by atoms with Gasteiger partial charge in [0.25, 0.3) is 0 Å². The third kappa shape index (κ3) is 1.54. The number of carbonyl (C=O) groups is 1. The molecule has 2 aliphatic carbocycles. The van der Waals surface area contributed by atoms with Gasteiger partial charge in [-0.25, -0.2) is 0 Å². The molecule has 0 spiro atoms. The van der Waals surface area contributed by atoms with E-state index in [1.165, 1.54) is 11.1 Å². The summed E-state index contributed by atoms with van der Waals surface area (Å²) in [5.74, 6) is 0.247. The summed E-state index contributed by atoms with van der Waals surface area (Å²) in [6.45, 7) is 0. The highest BCUT2D eigenvalue weighted by Gasteiger charge is 2.28. The molecule has 0 N–H and O–H groups in total. The van der Waals surface area contributed by atoms with E-state index in [1.807, 2.05) is 6.07 Å². The quantitative estimate of drug-likeness (QED) is 0.698. The van der Waals surface area contributed by atoms with E-state index < -0.39 is 0 Å². The van der Waals surface area contributed by atoms with E-state index in [1.54, 1.807) is 0 Å². The Hall–Kier alpha value is -0.670. The Morgan fingerprint density at radius 3 is 2.75 bits per heavy atom. The minimum absolute atomic E-state index is 0.247. The molecule has 0 fully saturated rings. The van der Waals surface area contributed by atoms with Crippen molar-refractivity contribution in [2.24, 2.45) is 0 Å². The predicted octanol–water partition coefficient (Wildman–Crippen LogP) is 4.01. The topological polar surface area (TPSA) is 17.1 Å². The highest BCUT2D eigenvalue weighted by Crippen LogP contribution is 2.40. The molecule has 1 aromatic carbocycles. The Morgan fingerprint density at radius 1 is 1.12 bits per heavy atom. The molecule has 1 aromatic rings. The fraction of sp³-hybridized carbons (Fsp3) is 0.154. The van der Waals surface area contributed by atoms with E-state index in [9.17, 15) is 4.79 Å². The monoisotopic (exact) mass is 338 g/mol. The number of allylic oxidation sites excluding steroid dienone is 4. The molecule has 0 bridgehead atoms. The van der Waals surface area contributed by atoms with E-state index in [0.29, 0.717) is 6.42 Å². The van der Waals surface area contributed by atoms with Crippen LogP contribution >= 0.6 is 31.9 Å². The molecule has 0 unspecified atom stereocenters. The summed E-state index contributed by atoms with van der Waals surface area (Å²) in [6.07, 6.45) is 3.37. The maximum Gasteiger partial charge on any atom is 0.164 e. The zero-order valence-electron chi connectivity index (χ0n) is 8.39. The molecular formula is C13H8Br2O. The van der Waals surface area contributed by atoms with Crippen molar-refractivity contribution >= 4 is 43.2 Å². The van der Waals surface area contributed by atoms with Crippen LogP contribution in [0.15, 0.2) is 38.8 Å². The summed E-state index contributed by atoms with van der Waals surface area (Å²) in [7, 11) is 0. The molecule has 1 nitrogen and oxygen atoms in total. The molecule has 0 heterocycles. The van der Waals surface area contributed by atoms with E-state index in [4.69, 9.17) is 0 Å². The fourth-order valence-electron chi connectivity index (χ4n) is 2.28. The van der Waals surface area contributed by atoms with Gasteiger partial charge in [-0.2, -0.15) is 0 Å². The van der Waals surface area contributed by atoms with Gasteiger partial charge in [-0.3, -0.25) is 4.79 Å². The Bertz CT molecular complexity index is 567. The summed E-state index contributed by atoms with van der Waals surface area (Å²) in [5, 5.41) is 0. The molecule has 0 saturated heterocycles. The van der Waals surface area contributed by atoms with Gasteiger partial charge in [0.15, 0.2) is 5.78 Å². The zero-order chi connectivity index (χ0) is 11.3. The standard InChI is InChI=1S/C13H8Br2O/c14-8-2-1-7-3-12-11(10(7)4-8)5-9(15)6-13(12)16/h1-2,4-5H,3,6H2. The Kier molecular flexibility index (Phi) is 2.41. The SMILES string of the molecule is O=C1CC(Br)=CC2=C1Cc1ccc(Br)cc12.